The molecule has 3 aromatic rings. The van der Waals surface area contributed by atoms with Crippen LogP contribution in [0, 0.1) is 0 Å². The lowest BCUT2D eigenvalue weighted by Crippen LogP contribution is -2.20. The molecule has 1 unspecified atom stereocenters. The van der Waals surface area contributed by atoms with Gasteiger partial charge in [-0.2, -0.15) is 18.2 Å². The first kappa shape index (κ1) is 19.9. The lowest BCUT2D eigenvalue weighted by molar-refractivity contribution is -0.141. The number of nitrogens with zero attached hydrogens (tertiary/aromatic N) is 4. The van der Waals surface area contributed by atoms with Crippen molar-refractivity contribution in [1.82, 2.24) is 15.0 Å². The van der Waals surface area contributed by atoms with Crippen LogP contribution in [0.4, 0.5) is 24.9 Å². The smallest absolute Gasteiger partial charge is 0.363 e. The summed E-state index contributed by atoms with van der Waals surface area (Å²) in [5.41, 5.74) is 0.287. The van der Waals surface area contributed by atoms with Gasteiger partial charge in [0.1, 0.15) is 5.82 Å². The Balaban J connectivity index is 2.07. The van der Waals surface area contributed by atoms with Gasteiger partial charge in [0.15, 0.2) is 5.69 Å². The number of benzene rings is 1. The van der Waals surface area contributed by atoms with Crippen molar-refractivity contribution in [2.24, 2.45) is 0 Å². The third-order valence-corrected chi connectivity index (χ3v) is 4.14. The molecule has 0 saturated heterocycles. The molecule has 0 saturated carbocycles. The van der Waals surface area contributed by atoms with Crippen LogP contribution in [0.2, 0.25) is 5.02 Å². The molecular weight excluding hydrogens is 391 g/mol. The molecule has 0 aliphatic rings. The number of rotatable bonds is 5. The predicted octanol–water partition coefficient (Wildman–Crippen LogP) is 4.81. The molecule has 28 heavy (non-hydrogen) atoms. The van der Waals surface area contributed by atoms with E-state index in [1.807, 2.05) is 0 Å². The van der Waals surface area contributed by atoms with Crippen LogP contribution >= 0.6 is 11.6 Å². The Labute approximate surface area is 165 Å². The average Bonchev–Trinajstić information content (AvgIpc) is 2.66. The largest absolute Gasteiger partial charge is 0.433 e. The average molecular weight is 408 g/mol. The third kappa shape index (κ3) is 4.69. The van der Waals surface area contributed by atoms with E-state index < -0.39 is 17.9 Å². The minimum Gasteiger partial charge on any atom is -0.363 e. The molecular formula is C19H17ClF3N5. The molecule has 0 aliphatic heterocycles. The van der Waals surface area contributed by atoms with Crippen molar-refractivity contribution in [2.45, 2.75) is 12.2 Å². The molecule has 3 rings (SSSR count). The minimum atomic E-state index is -4.60. The van der Waals surface area contributed by atoms with Gasteiger partial charge in [0, 0.05) is 31.4 Å². The Hall–Kier alpha value is -2.87. The number of alkyl halides is 3. The lowest BCUT2D eigenvalue weighted by atomic mass is 10.0. The Morgan fingerprint density at radius 2 is 1.82 bits per heavy atom. The van der Waals surface area contributed by atoms with E-state index in [2.05, 4.69) is 20.3 Å². The zero-order valence-corrected chi connectivity index (χ0v) is 15.8. The highest BCUT2D eigenvalue weighted by Gasteiger charge is 2.34. The first-order chi connectivity index (χ1) is 13.2. The summed E-state index contributed by atoms with van der Waals surface area (Å²) in [4.78, 5) is 13.7. The fourth-order valence-electron chi connectivity index (χ4n) is 2.56. The molecule has 0 spiro atoms. The van der Waals surface area contributed by atoms with Crippen molar-refractivity contribution < 1.29 is 13.2 Å². The maximum absolute atomic E-state index is 13.3. The van der Waals surface area contributed by atoms with Gasteiger partial charge in [-0.25, -0.2) is 4.98 Å². The molecule has 9 heteroatoms. The van der Waals surface area contributed by atoms with E-state index in [1.54, 1.807) is 62.8 Å². The summed E-state index contributed by atoms with van der Waals surface area (Å²) in [6.07, 6.45) is -2.99. The van der Waals surface area contributed by atoms with Gasteiger partial charge in [-0.05, 0) is 29.8 Å². The van der Waals surface area contributed by atoms with Gasteiger partial charge in [-0.3, -0.25) is 4.98 Å². The number of hydrogen-bond acceptors (Lipinski definition) is 5. The fourth-order valence-corrected chi connectivity index (χ4v) is 2.76. The number of aromatic nitrogens is 3. The summed E-state index contributed by atoms with van der Waals surface area (Å²) >= 11 is 6.10. The van der Waals surface area contributed by atoms with E-state index in [0.717, 1.165) is 11.6 Å². The van der Waals surface area contributed by atoms with Crippen LogP contribution in [0.25, 0.3) is 0 Å². The second kappa shape index (κ2) is 8.02. The van der Waals surface area contributed by atoms with Crippen molar-refractivity contribution in [2.75, 3.05) is 24.3 Å². The SMILES string of the molecule is CN(C)c1cc(C(F)(F)F)nc(NC(c2cccc(Cl)c2)c2ccccn2)n1. The number of halogens is 4. The van der Waals surface area contributed by atoms with Crippen molar-refractivity contribution in [3.63, 3.8) is 0 Å². The first-order valence-corrected chi connectivity index (χ1v) is 8.68. The van der Waals surface area contributed by atoms with Crippen LogP contribution in [0.1, 0.15) is 23.0 Å². The Morgan fingerprint density at radius 3 is 2.43 bits per heavy atom. The standard InChI is InChI=1S/C19H17ClF3N5/c1-28(2)16-11-15(19(21,22)23)25-18(26-16)27-17(14-8-3-4-9-24-14)12-6-5-7-13(20)10-12/h3-11,17H,1-2H3,(H,25,26,27). The Bertz CT molecular complexity index is 948. The highest BCUT2D eigenvalue weighted by molar-refractivity contribution is 6.30. The van der Waals surface area contributed by atoms with Gasteiger partial charge in [0.25, 0.3) is 0 Å². The predicted molar refractivity (Wildman–Crippen MR) is 103 cm³/mol. The lowest BCUT2D eigenvalue weighted by Gasteiger charge is -2.21. The van der Waals surface area contributed by atoms with Gasteiger partial charge in [0.05, 0.1) is 11.7 Å². The van der Waals surface area contributed by atoms with E-state index in [9.17, 15) is 13.2 Å². The molecule has 0 radical (unpaired) electrons. The molecule has 1 aromatic carbocycles. The Kier molecular flexibility index (Phi) is 5.69. The molecule has 146 valence electrons. The van der Waals surface area contributed by atoms with E-state index in [1.165, 1.54) is 4.90 Å². The van der Waals surface area contributed by atoms with Crippen LogP contribution in [0.3, 0.4) is 0 Å². The summed E-state index contributed by atoms with van der Waals surface area (Å²) in [6.45, 7) is 0. The number of hydrogen-bond donors (Lipinski definition) is 1. The van der Waals surface area contributed by atoms with E-state index in [4.69, 9.17) is 11.6 Å². The molecule has 0 amide bonds. The van der Waals surface area contributed by atoms with Gasteiger partial charge in [0.2, 0.25) is 5.95 Å². The van der Waals surface area contributed by atoms with Gasteiger partial charge < -0.3 is 10.2 Å². The van der Waals surface area contributed by atoms with Gasteiger partial charge >= 0.3 is 6.18 Å². The van der Waals surface area contributed by atoms with Crippen LogP contribution in [-0.4, -0.2) is 29.0 Å². The summed E-state index contributed by atoms with van der Waals surface area (Å²) < 4.78 is 39.8. The molecule has 0 aliphatic carbocycles. The van der Waals surface area contributed by atoms with Crippen molar-refractivity contribution in [3.8, 4) is 0 Å². The quantitative estimate of drug-likeness (QED) is 0.657. The maximum Gasteiger partial charge on any atom is 0.433 e. The molecule has 0 bridgehead atoms. The molecule has 2 heterocycles. The molecule has 0 fully saturated rings. The van der Waals surface area contributed by atoms with Gasteiger partial charge in [-0.15, -0.1) is 0 Å². The number of pyridine rings is 1. The Morgan fingerprint density at radius 1 is 1.04 bits per heavy atom. The second-order valence-corrected chi connectivity index (χ2v) is 6.65. The number of anilines is 2. The third-order valence-electron chi connectivity index (χ3n) is 3.90. The zero-order valence-electron chi connectivity index (χ0n) is 15.1. The van der Waals surface area contributed by atoms with Crippen LogP contribution < -0.4 is 10.2 Å². The molecule has 5 nitrogen and oxygen atoms in total. The van der Waals surface area contributed by atoms with E-state index in [-0.39, 0.29) is 11.8 Å². The van der Waals surface area contributed by atoms with Crippen LogP contribution in [0.5, 0.6) is 0 Å². The normalized spacial score (nSPS) is 12.5. The topological polar surface area (TPSA) is 53.9 Å². The second-order valence-electron chi connectivity index (χ2n) is 6.21. The van der Waals surface area contributed by atoms with Crippen LogP contribution in [0.15, 0.2) is 54.7 Å². The fraction of sp³-hybridized carbons (Fsp3) is 0.211. The first-order valence-electron chi connectivity index (χ1n) is 8.30. The van der Waals surface area contributed by atoms with Crippen molar-refractivity contribution in [3.05, 3.63) is 76.7 Å². The molecule has 2 aromatic heterocycles. The maximum atomic E-state index is 13.3. The van der Waals surface area contributed by atoms with E-state index >= 15 is 0 Å². The number of nitrogens with one attached hydrogen (secondary N) is 1. The molecule has 1 N–H and O–H groups in total. The van der Waals surface area contributed by atoms with E-state index in [0.29, 0.717) is 10.7 Å². The summed E-state index contributed by atoms with van der Waals surface area (Å²) in [6, 6.07) is 12.6. The molecule has 1 atom stereocenters. The highest BCUT2D eigenvalue weighted by Crippen LogP contribution is 2.32. The van der Waals surface area contributed by atoms with Crippen molar-refractivity contribution in [1.29, 1.82) is 0 Å². The minimum absolute atomic E-state index is 0.135. The van der Waals surface area contributed by atoms with Gasteiger partial charge in [-0.1, -0.05) is 29.8 Å². The van der Waals surface area contributed by atoms with Crippen molar-refractivity contribution >= 4 is 23.4 Å². The summed E-state index contributed by atoms with van der Waals surface area (Å²) in [5.74, 6) is -0.0233. The zero-order chi connectivity index (χ0) is 20.3. The summed E-state index contributed by atoms with van der Waals surface area (Å²) in [7, 11) is 3.22. The monoisotopic (exact) mass is 407 g/mol. The highest BCUT2D eigenvalue weighted by atomic mass is 35.5. The van der Waals surface area contributed by atoms with Crippen LogP contribution in [-0.2, 0) is 6.18 Å². The summed E-state index contributed by atoms with van der Waals surface area (Å²) in [5, 5.41) is 3.48.